The largest absolute Gasteiger partial charge is 0.346 e. The first-order valence-corrected chi connectivity index (χ1v) is 9.48. The van der Waals surface area contributed by atoms with E-state index in [1.54, 1.807) is 32.9 Å². The first kappa shape index (κ1) is 21.6. The van der Waals surface area contributed by atoms with Crippen LogP contribution in [0, 0.1) is 13.8 Å². The molecule has 9 nitrogen and oxygen atoms in total. The van der Waals surface area contributed by atoms with Crippen molar-refractivity contribution in [3.63, 3.8) is 0 Å². The van der Waals surface area contributed by atoms with Crippen molar-refractivity contribution in [2.45, 2.75) is 45.1 Å². The Kier molecular flexibility index (Phi) is 7.72. The van der Waals surface area contributed by atoms with Gasteiger partial charge in [-0.15, -0.1) is 0 Å². The highest BCUT2D eigenvalue weighted by atomic mass is 32.2. The maximum Gasteiger partial charge on any atom is 0.327 e. The minimum Gasteiger partial charge on any atom is -0.346 e. The summed E-state index contributed by atoms with van der Waals surface area (Å²) in [5, 5.41) is 2.36. The number of rotatable bonds is 6. The van der Waals surface area contributed by atoms with Gasteiger partial charge in [0.05, 0.1) is 4.90 Å². The Labute approximate surface area is 152 Å². The molecule has 26 heavy (non-hydrogen) atoms. The number of benzene rings is 1. The molecule has 144 valence electrons. The number of amides is 3. The van der Waals surface area contributed by atoms with Crippen LogP contribution in [0.15, 0.2) is 23.1 Å². The Morgan fingerprint density at radius 2 is 1.65 bits per heavy atom. The number of nitrogens with one attached hydrogen (secondary N) is 4. The Morgan fingerprint density at radius 1 is 1.00 bits per heavy atom. The molecule has 0 aliphatic rings. The minimum atomic E-state index is -3.73. The van der Waals surface area contributed by atoms with Gasteiger partial charge in [0.1, 0.15) is 0 Å². The van der Waals surface area contributed by atoms with E-state index in [9.17, 15) is 22.8 Å². The molecule has 0 spiro atoms. The van der Waals surface area contributed by atoms with Crippen LogP contribution in [0.5, 0.6) is 0 Å². The highest BCUT2D eigenvalue weighted by Crippen LogP contribution is 2.14. The van der Waals surface area contributed by atoms with E-state index >= 15 is 0 Å². The van der Waals surface area contributed by atoms with Gasteiger partial charge >= 0.3 is 11.8 Å². The minimum absolute atomic E-state index is 0.111. The van der Waals surface area contributed by atoms with E-state index in [0.29, 0.717) is 0 Å². The van der Waals surface area contributed by atoms with Crippen LogP contribution >= 0.6 is 0 Å². The summed E-state index contributed by atoms with van der Waals surface area (Å²) in [4.78, 5) is 34.5. The van der Waals surface area contributed by atoms with Crippen LogP contribution in [-0.2, 0) is 24.4 Å². The first-order chi connectivity index (χ1) is 12.0. The maximum atomic E-state index is 12.2. The summed E-state index contributed by atoms with van der Waals surface area (Å²) in [6.45, 7) is 6.89. The molecule has 4 N–H and O–H groups in total. The molecule has 0 heterocycles. The lowest BCUT2D eigenvalue weighted by molar-refractivity contribution is -0.141. The zero-order valence-electron chi connectivity index (χ0n) is 15.2. The van der Waals surface area contributed by atoms with Crippen molar-refractivity contribution in [1.82, 2.24) is 20.9 Å². The van der Waals surface area contributed by atoms with E-state index < -0.39 is 27.7 Å². The number of sulfonamides is 1. The molecule has 3 amide bonds. The van der Waals surface area contributed by atoms with Crippen LogP contribution in [0.3, 0.4) is 0 Å². The zero-order chi connectivity index (χ0) is 19.9. The lowest BCUT2D eigenvalue weighted by atomic mass is 10.1. The first-order valence-electron chi connectivity index (χ1n) is 7.99. The predicted octanol–water partition coefficient (Wildman–Crippen LogP) is -0.356. The number of carbonyl (C=O) groups is 3. The van der Waals surface area contributed by atoms with Gasteiger partial charge in [-0.05, 0) is 51.0 Å². The maximum absolute atomic E-state index is 12.2. The Balaban J connectivity index is 2.44. The topological polar surface area (TPSA) is 133 Å². The van der Waals surface area contributed by atoms with Gasteiger partial charge in [0.2, 0.25) is 15.9 Å². The van der Waals surface area contributed by atoms with Gasteiger partial charge in [0, 0.05) is 19.0 Å². The molecule has 0 saturated heterocycles. The lowest BCUT2D eigenvalue weighted by Gasteiger charge is -2.10. The molecule has 1 rings (SSSR count). The molecule has 1 aromatic carbocycles. The van der Waals surface area contributed by atoms with Crippen LogP contribution in [0.4, 0.5) is 0 Å². The second-order valence-corrected chi connectivity index (χ2v) is 7.79. The van der Waals surface area contributed by atoms with Gasteiger partial charge in [-0.1, -0.05) is 6.07 Å². The van der Waals surface area contributed by atoms with E-state index in [1.807, 2.05) is 17.8 Å². The van der Waals surface area contributed by atoms with Crippen LogP contribution < -0.4 is 20.9 Å². The van der Waals surface area contributed by atoms with E-state index in [2.05, 4.69) is 10.0 Å². The highest BCUT2D eigenvalue weighted by Gasteiger charge is 2.17. The standard InChI is InChI=1S/C16H24N4O5S/c1-10(2)18-15(22)16(23)20-19-14(21)7-8-17-26(24,25)13-6-5-11(3)12(4)9-13/h5-6,9-10,17H,7-8H2,1-4H3,(H,18,22)(H,19,21)(H,20,23). The van der Waals surface area contributed by atoms with E-state index in [0.717, 1.165) is 11.1 Å². The fraction of sp³-hybridized carbons (Fsp3) is 0.438. The van der Waals surface area contributed by atoms with Crippen LogP contribution in [0.2, 0.25) is 0 Å². The Hall–Kier alpha value is -2.46. The Morgan fingerprint density at radius 3 is 2.23 bits per heavy atom. The molecule has 10 heteroatoms. The molecule has 0 aliphatic carbocycles. The van der Waals surface area contributed by atoms with Gasteiger partial charge in [0.25, 0.3) is 0 Å². The molecule has 0 bridgehead atoms. The quantitative estimate of drug-likeness (QED) is 0.393. The zero-order valence-corrected chi connectivity index (χ0v) is 16.0. The van der Waals surface area contributed by atoms with Gasteiger partial charge in [-0.3, -0.25) is 25.2 Å². The monoisotopic (exact) mass is 384 g/mol. The molecule has 0 radical (unpaired) electrons. The van der Waals surface area contributed by atoms with Gasteiger partial charge in [0.15, 0.2) is 0 Å². The third-order valence-electron chi connectivity index (χ3n) is 3.37. The fourth-order valence-corrected chi connectivity index (χ4v) is 2.95. The smallest absolute Gasteiger partial charge is 0.327 e. The second-order valence-electron chi connectivity index (χ2n) is 6.02. The summed E-state index contributed by atoms with van der Waals surface area (Å²) in [6, 6.07) is 4.52. The summed E-state index contributed by atoms with van der Waals surface area (Å²) >= 11 is 0. The van der Waals surface area contributed by atoms with E-state index in [-0.39, 0.29) is 23.9 Å². The second kappa shape index (κ2) is 9.30. The summed E-state index contributed by atoms with van der Waals surface area (Å²) in [7, 11) is -3.73. The van der Waals surface area contributed by atoms with Crippen molar-refractivity contribution < 1.29 is 22.8 Å². The summed E-state index contributed by atoms with van der Waals surface area (Å²) in [6.07, 6.45) is -0.212. The van der Waals surface area contributed by atoms with Crippen LogP contribution in [0.1, 0.15) is 31.4 Å². The van der Waals surface area contributed by atoms with Gasteiger partial charge in [-0.2, -0.15) is 0 Å². The molecule has 0 unspecified atom stereocenters. The normalized spacial score (nSPS) is 11.1. The Bertz CT molecular complexity index is 790. The summed E-state index contributed by atoms with van der Waals surface area (Å²) in [5.74, 6) is -2.53. The number of carbonyl (C=O) groups excluding carboxylic acids is 3. The number of hydrogen-bond donors (Lipinski definition) is 4. The third kappa shape index (κ3) is 6.81. The molecule has 0 atom stereocenters. The molecule has 0 fully saturated rings. The number of hydrazine groups is 1. The average molecular weight is 384 g/mol. The number of hydrogen-bond acceptors (Lipinski definition) is 5. The molecule has 1 aromatic rings. The molecular formula is C16H24N4O5S. The third-order valence-corrected chi connectivity index (χ3v) is 4.83. The van der Waals surface area contributed by atoms with Gasteiger partial charge in [-0.25, -0.2) is 13.1 Å². The van der Waals surface area contributed by atoms with E-state index in [1.165, 1.54) is 6.07 Å². The molecule has 0 saturated carbocycles. The highest BCUT2D eigenvalue weighted by molar-refractivity contribution is 7.89. The fourth-order valence-electron chi connectivity index (χ4n) is 1.84. The molecule has 0 aliphatic heterocycles. The average Bonchev–Trinajstić information content (AvgIpc) is 2.54. The predicted molar refractivity (Wildman–Crippen MR) is 95.3 cm³/mol. The lowest BCUT2D eigenvalue weighted by Crippen LogP contribution is -2.50. The molecular weight excluding hydrogens is 360 g/mol. The van der Waals surface area contributed by atoms with E-state index in [4.69, 9.17) is 0 Å². The van der Waals surface area contributed by atoms with Crippen molar-refractivity contribution in [2.24, 2.45) is 0 Å². The van der Waals surface area contributed by atoms with Crippen molar-refractivity contribution in [2.75, 3.05) is 6.54 Å². The van der Waals surface area contributed by atoms with Crippen molar-refractivity contribution in [1.29, 1.82) is 0 Å². The molecule has 0 aromatic heterocycles. The van der Waals surface area contributed by atoms with Crippen molar-refractivity contribution in [3.8, 4) is 0 Å². The van der Waals surface area contributed by atoms with Crippen molar-refractivity contribution >= 4 is 27.7 Å². The SMILES string of the molecule is Cc1ccc(S(=O)(=O)NCCC(=O)NNC(=O)C(=O)NC(C)C)cc1C. The number of aryl methyl sites for hydroxylation is 2. The summed E-state index contributed by atoms with van der Waals surface area (Å²) < 4.78 is 26.6. The van der Waals surface area contributed by atoms with Crippen LogP contribution in [0.25, 0.3) is 0 Å². The summed E-state index contributed by atoms with van der Waals surface area (Å²) in [5.41, 5.74) is 5.81. The van der Waals surface area contributed by atoms with Gasteiger partial charge < -0.3 is 5.32 Å². The van der Waals surface area contributed by atoms with Crippen molar-refractivity contribution in [3.05, 3.63) is 29.3 Å². The van der Waals surface area contributed by atoms with Crippen LogP contribution in [-0.4, -0.2) is 38.7 Å².